The SMILES string of the molecule is NCCc1cccc(NC(=O)c2cc(Cl)cc3[nH]ncc23)c1. The maximum absolute atomic E-state index is 12.5. The Hall–Kier alpha value is -2.37. The number of carbonyl (C=O) groups is 1. The number of nitrogens with zero attached hydrogens (tertiary/aromatic N) is 1. The molecule has 0 unspecified atom stereocenters. The van der Waals surface area contributed by atoms with Gasteiger partial charge in [0, 0.05) is 16.1 Å². The van der Waals surface area contributed by atoms with E-state index in [-0.39, 0.29) is 5.91 Å². The molecule has 1 aromatic heterocycles. The number of H-pyrrole nitrogens is 1. The van der Waals surface area contributed by atoms with Crippen molar-refractivity contribution in [2.24, 2.45) is 5.73 Å². The maximum atomic E-state index is 12.5. The van der Waals surface area contributed by atoms with Gasteiger partial charge in [0.05, 0.1) is 17.3 Å². The molecule has 0 aliphatic heterocycles. The molecule has 22 heavy (non-hydrogen) atoms. The van der Waals surface area contributed by atoms with Gasteiger partial charge in [-0.15, -0.1) is 0 Å². The number of aromatic nitrogens is 2. The smallest absolute Gasteiger partial charge is 0.256 e. The lowest BCUT2D eigenvalue weighted by atomic mass is 10.1. The highest BCUT2D eigenvalue weighted by atomic mass is 35.5. The molecular formula is C16H15ClN4O. The lowest BCUT2D eigenvalue weighted by Crippen LogP contribution is -2.12. The van der Waals surface area contributed by atoms with E-state index in [0.717, 1.165) is 28.6 Å². The second kappa shape index (κ2) is 6.17. The number of rotatable bonds is 4. The average Bonchev–Trinajstić information content (AvgIpc) is 2.95. The first-order chi connectivity index (χ1) is 10.7. The van der Waals surface area contributed by atoms with Crippen LogP contribution in [0, 0.1) is 0 Å². The van der Waals surface area contributed by atoms with Crippen molar-refractivity contribution in [1.29, 1.82) is 0 Å². The van der Waals surface area contributed by atoms with Crippen LogP contribution >= 0.6 is 11.6 Å². The summed E-state index contributed by atoms with van der Waals surface area (Å²) in [6, 6.07) is 11.0. The van der Waals surface area contributed by atoms with Crippen molar-refractivity contribution in [3.8, 4) is 0 Å². The second-order valence-corrected chi connectivity index (χ2v) is 5.41. The number of hydrogen-bond acceptors (Lipinski definition) is 3. The lowest BCUT2D eigenvalue weighted by Gasteiger charge is -2.08. The van der Waals surface area contributed by atoms with Crippen LogP contribution in [0.15, 0.2) is 42.6 Å². The van der Waals surface area contributed by atoms with Gasteiger partial charge in [0.25, 0.3) is 5.91 Å². The Labute approximate surface area is 132 Å². The molecule has 5 nitrogen and oxygen atoms in total. The van der Waals surface area contributed by atoms with Crippen molar-refractivity contribution in [1.82, 2.24) is 10.2 Å². The van der Waals surface area contributed by atoms with Crippen LogP contribution in [0.25, 0.3) is 10.9 Å². The first kappa shape index (κ1) is 14.6. The third kappa shape index (κ3) is 2.95. The fraction of sp³-hybridized carbons (Fsp3) is 0.125. The molecule has 4 N–H and O–H groups in total. The van der Waals surface area contributed by atoms with Gasteiger partial charge in [-0.3, -0.25) is 9.89 Å². The Kier molecular flexibility index (Phi) is 4.09. The van der Waals surface area contributed by atoms with Gasteiger partial charge in [0.1, 0.15) is 0 Å². The molecule has 0 spiro atoms. The number of anilines is 1. The number of benzene rings is 2. The number of carbonyl (C=O) groups excluding carboxylic acids is 1. The predicted molar refractivity (Wildman–Crippen MR) is 88.3 cm³/mol. The molecule has 0 saturated carbocycles. The van der Waals surface area contributed by atoms with Crippen LogP contribution in [0.5, 0.6) is 0 Å². The zero-order valence-electron chi connectivity index (χ0n) is 11.8. The zero-order chi connectivity index (χ0) is 15.5. The molecular weight excluding hydrogens is 300 g/mol. The molecule has 3 aromatic rings. The number of hydrogen-bond donors (Lipinski definition) is 3. The summed E-state index contributed by atoms with van der Waals surface area (Å²) in [6.07, 6.45) is 2.39. The molecule has 0 fully saturated rings. The van der Waals surface area contributed by atoms with Gasteiger partial charge < -0.3 is 11.1 Å². The van der Waals surface area contributed by atoms with Gasteiger partial charge in [-0.1, -0.05) is 23.7 Å². The normalized spacial score (nSPS) is 10.8. The average molecular weight is 315 g/mol. The van der Waals surface area contributed by atoms with Crippen molar-refractivity contribution in [2.45, 2.75) is 6.42 Å². The van der Waals surface area contributed by atoms with Crippen molar-refractivity contribution in [2.75, 3.05) is 11.9 Å². The number of nitrogens with two attached hydrogens (primary N) is 1. The molecule has 0 aliphatic carbocycles. The van der Waals surface area contributed by atoms with Gasteiger partial charge >= 0.3 is 0 Å². The highest BCUT2D eigenvalue weighted by Gasteiger charge is 2.13. The standard InChI is InChI=1S/C16H15ClN4O/c17-11-7-13(14-9-19-21-15(14)8-11)16(22)20-12-3-1-2-10(6-12)4-5-18/h1-3,6-9H,4-5,18H2,(H,19,21)(H,20,22). The molecule has 2 aromatic carbocycles. The van der Waals surface area contributed by atoms with E-state index < -0.39 is 0 Å². The van der Waals surface area contributed by atoms with Gasteiger partial charge in [-0.2, -0.15) is 5.10 Å². The summed E-state index contributed by atoms with van der Waals surface area (Å²) in [7, 11) is 0. The first-order valence-corrected chi connectivity index (χ1v) is 7.28. The highest BCUT2D eigenvalue weighted by molar-refractivity contribution is 6.32. The van der Waals surface area contributed by atoms with Gasteiger partial charge in [0.2, 0.25) is 0 Å². The Bertz CT molecular complexity index is 828. The summed E-state index contributed by atoms with van der Waals surface area (Å²) in [4.78, 5) is 12.5. The monoisotopic (exact) mass is 314 g/mol. The van der Waals surface area contributed by atoms with E-state index in [4.69, 9.17) is 17.3 Å². The highest BCUT2D eigenvalue weighted by Crippen LogP contribution is 2.23. The zero-order valence-corrected chi connectivity index (χ0v) is 12.5. The summed E-state index contributed by atoms with van der Waals surface area (Å²) >= 11 is 6.05. The predicted octanol–water partition coefficient (Wildman–Crippen LogP) is 2.97. The summed E-state index contributed by atoms with van der Waals surface area (Å²) in [5, 5.41) is 10.9. The number of amides is 1. The fourth-order valence-electron chi connectivity index (χ4n) is 2.37. The van der Waals surface area contributed by atoms with Crippen molar-refractivity contribution in [3.05, 3.63) is 58.7 Å². The van der Waals surface area contributed by atoms with E-state index in [1.54, 1.807) is 18.3 Å². The van der Waals surface area contributed by atoms with E-state index in [1.165, 1.54) is 0 Å². The second-order valence-electron chi connectivity index (χ2n) is 4.98. The van der Waals surface area contributed by atoms with Gasteiger partial charge in [-0.05, 0) is 42.8 Å². The molecule has 3 rings (SSSR count). The number of halogens is 1. The van der Waals surface area contributed by atoms with Gasteiger partial charge in [0.15, 0.2) is 0 Å². The maximum Gasteiger partial charge on any atom is 0.256 e. The van der Waals surface area contributed by atoms with Crippen molar-refractivity contribution < 1.29 is 4.79 Å². The Morgan fingerprint density at radius 3 is 3.00 bits per heavy atom. The van der Waals surface area contributed by atoms with Crippen LogP contribution in [0.3, 0.4) is 0 Å². The summed E-state index contributed by atoms with van der Waals surface area (Å²) in [5.74, 6) is -0.223. The molecule has 1 heterocycles. The van der Waals surface area contributed by atoms with Crippen LogP contribution in [0.1, 0.15) is 15.9 Å². The number of fused-ring (bicyclic) bond motifs is 1. The lowest BCUT2D eigenvalue weighted by molar-refractivity contribution is 0.102. The minimum absolute atomic E-state index is 0.223. The van der Waals surface area contributed by atoms with E-state index in [1.807, 2.05) is 24.3 Å². The molecule has 112 valence electrons. The summed E-state index contributed by atoms with van der Waals surface area (Å²) in [6.45, 7) is 0.571. The third-order valence-corrected chi connectivity index (χ3v) is 3.60. The Morgan fingerprint density at radius 2 is 2.18 bits per heavy atom. The van der Waals surface area contributed by atoms with Gasteiger partial charge in [-0.25, -0.2) is 0 Å². The minimum atomic E-state index is -0.223. The molecule has 6 heteroatoms. The largest absolute Gasteiger partial charge is 0.330 e. The molecule has 0 aliphatic rings. The topological polar surface area (TPSA) is 83.8 Å². The van der Waals surface area contributed by atoms with Crippen LogP contribution in [-0.2, 0) is 6.42 Å². The van der Waals surface area contributed by atoms with E-state index in [0.29, 0.717) is 17.1 Å². The van der Waals surface area contributed by atoms with E-state index in [9.17, 15) is 4.79 Å². The Balaban J connectivity index is 1.90. The molecule has 0 radical (unpaired) electrons. The minimum Gasteiger partial charge on any atom is -0.330 e. The van der Waals surface area contributed by atoms with E-state index >= 15 is 0 Å². The summed E-state index contributed by atoms with van der Waals surface area (Å²) < 4.78 is 0. The van der Waals surface area contributed by atoms with Crippen LogP contribution in [0.4, 0.5) is 5.69 Å². The molecule has 0 bridgehead atoms. The molecule has 0 atom stereocenters. The Morgan fingerprint density at radius 1 is 1.32 bits per heavy atom. The van der Waals surface area contributed by atoms with Crippen LogP contribution < -0.4 is 11.1 Å². The number of aromatic amines is 1. The van der Waals surface area contributed by atoms with Crippen molar-refractivity contribution in [3.63, 3.8) is 0 Å². The number of nitrogens with one attached hydrogen (secondary N) is 2. The third-order valence-electron chi connectivity index (χ3n) is 3.39. The van der Waals surface area contributed by atoms with Crippen LogP contribution in [-0.4, -0.2) is 22.6 Å². The molecule has 0 saturated heterocycles. The summed E-state index contributed by atoms with van der Waals surface area (Å²) in [5.41, 5.74) is 8.59. The quantitative estimate of drug-likeness (QED) is 0.692. The molecule has 1 amide bonds. The first-order valence-electron chi connectivity index (χ1n) is 6.90. The van der Waals surface area contributed by atoms with Crippen molar-refractivity contribution >= 4 is 34.1 Å². The van der Waals surface area contributed by atoms with E-state index in [2.05, 4.69) is 15.5 Å². The van der Waals surface area contributed by atoms with Crippen LogP contribution in [0.2, 0.25) is 5.02 Å². The fourth-order valence-corrected chi connectivity index (χ4v) is 2.59.